The van der Waals surface area contributed by atoms with Crippen LogP contribution in [0.4, 0.5) is 0 Å². The van der Waals surface area contributed by atoms with Crippen LogP contribution in [0.25, 0.3) is 6.08 Å². The molecular weight excluding hydrogens is 360 g/mol. The molecule has 1 saturated carbocycles. The van der Waals surface area contributed by atoms with Gasteiger partial charge in [0, 0.05) is 6.08 Å². The van der Waals surface area contributed by atoms with Crippen LogP contribution in [0.15, 0.2) is 54.6 Å². The molecule has 2 aromatic carbocycles. The first-order valence-electron chi connectivity index (χ1n) is 10.9. The number of unbranched alkanes of at least 4 members (excludes halogenated alkanes) is 2. The van der Waals surface area contributed by atoms with E-state index in [1.54, 1.807) is 30.3 Å². The highest BCUT2D eigenvalue weighted by Gasteiger charge is 2.22. The van der Waals surface area contributed by atoms with Crippen molar-refractivity contribution in [3.63, 3.8) is 0 Å². The Hall–Kier alpha value is -2.55. The maximum Gasteiger partial charge on any atom is 0.336 e. The summed E-state index contributed by atoms with van der Waals surface area (Å²) in [4.78, 5) is 12.0. The zero-order chi connectivity index (χ0) is 20.5. The quantitative estimate of drug-likeness (QED) is 0.231. The topological polar surface area (TPSA) is 46.5 Å². The zero-order valence-electron chi connectivity index (χ0n) is 17.3. The number of phenols is 1. The van der Waals surface area contributed by atoms with Gasteiger partial charge in [-0.05, 0) is 79.0 Å². The summed E-state index contributed by atoms with van der Waals surface area (Å²) in [6.07, 6.45) is 13.7. The number of phenolic OH excluding ortho intramolecular Hbond substituents is 1. The summed E-state index contributed by atoms with van der Waals surface area (Å²) in [5.74, 6) is 1.92. The molecular formula is C26H32O3. The minimum Gasteiger partial charge on any atom is -0.508 e. The minimum absolute atomic E-state index is 0.204. The number of carbonyl (C=O) groups is 1. The lowest BCUT2D eigenvalue weighted by molar-refractivity contribution is -0.128. The van der Waals surface area contributed by atoms with E-state index >= 15 is 0 Å². The van der Waals surface area contributed by atoms with Crippen LogP contribution in [0.1, 0.15) is 75.3 Å². The number of ether oxygens (including phenoxy) is 1. The first-order valence-corrected chi connectivity index (χ1v) is 10.9. The second-order valence-corrected chi connectivity index (χ2v) is 8.13. The third kappa shape index (κ3) is 6.77. The minimum atomic E-state index is -0.404. The molecule has 0 aromatic heterocycles. The molecule has 0 bridgehead atoms. The van der Waals surface area contributed by atoms with Crippen LogP contribution in [0.2, 0.25) is 0 Å². The lowest BCUT2D eigenvalue weighted by atomic mass is 9.77. The van der Waals surface area contributed by atoms with E-state index in [0.29, 0.717) is 11.7 Å². The average Bonchev–Trinajstić information content (AvgIpc) is 2.75. The highest BCUT2D eigenvalue weighted by Crippen LogP contribution is 2.38. The number of carbonyl (C=O) groups excluding carboxylic acids is 1. The third-order valence-corrected chi connectivity index (χ3v) is 5.94. The number of benzene rings is 2. The Balaban J connectivity index is 1.46. The molecule has 0 spiro atoms. The van der Waals surface area contributed by atoms with Gasteiger partial charge in [0.1, 0.15) is 11.5 Å². The van der Waals surface area contributed by atoms with Crippen LogP contribution in [-0.2, 0) is 4.79 Å². The van der Waals surface area contributed by atoms with Gasteiger partial charge in [-0.3, -0.25) is 0 Å². The van der Waals surface area contributed by atoms with Crippen molar-refractivity contribution in [3.8, 4) is 11.5 Å². The highest BCUT2D eigenvalue weighted by atomic mass is 16.5. The van der Waals surface area contributed by atoms with Crippen LogP contribution >= 0.6 is 0 Å². The molecule has 3 heteroatoms. The lowest BCUT2D eigenvalue weighted by Crippen LogP contribution is -2.13. The summed E-state index contributed by atoms with van der Waals surface area (Å²) in [6, 6.07) is 14.7. The zero-order valence-corrected chi connectivity index (χ0v) is 17.3. The average molecular weight is 393 g/mol. The van der Waals surface area contributed by atoms with E-state index in [9.17, 15) is 9.90 Å². The number of esters is 1. The number of aromatic hydroxyl groups is 1. The molecule has 0 radical (unpaired) electrons. The van der Waals surface area contributed by atoms with Crippen LogP contribution < -0.4 is 4.74 Å². The Kier molecular flexibility index (Phi) is 7.92. The summed E-state index contributed by atoms with van der Waals surface area (Å²) in [5.41, 5.74) is 2.19. The van der Waals surface area contributed by atoms with Crippen molar-refractivity contribution >= 4 is 12.0 Å². The predicted octanol–water partition coefficient (Wildman–Crippen LogP) is 6.87. The van der Waals surface area contributed by atoms with Gasteiger partial charge in [-0.15, -0.1) is 0 Å². The Bertz CT molecular complexity index is 782. The van der Waals surface area contributed by atoms with Crippen molar-refractivity contribution in [2.24, 2.45) is 5.92 Å². The van der Waals surface area contributed by atoms with Gasteiger partial charge < -0.3 is 9.84 Å². The molecule has 1 aliphatic carbocycles. The number of rotatable bonds is 8. The Labute approximate surface area is 174 Å². The summed E-state index contributed by atoms with van der Waals surface area (Å²) >= 11 is 0. The Morgan fingerprint density at radius 3 is 2.34 bits per heavy atom. The van der Waals surface area contributed by atoms with E-state index in [1.807, 2.05) is 12.1 Å². The van der Waals surface area contributed by atoms with Crippen LogP contribution in [-0.4, -0.2) is 11.1 Å². The standard InChI is InChI=1S/C26H32O3/c1-2-3-4-5-20-6-11-22(12-7-20)23-13-17-25(18-14-23)29-26(28)19-10-21-8-15-24(27)16-9-21/h8-10,13-20,22,27H,2-7,11-12H2,1H3/b19-10-. The summed E-state index contributed by atoms with van der Waals surface area (Å²) in [5, 5.41) is 9.29. The molecule has 2 aromatic rings. The SMILES string of the molecule is CCCCCC1CCC(c2ccc(OC(=O)/C=C\c3ccc(O)cc3)cc2)CC1. The smallest absolute Gasteiger partial charge is 0.336 e. The fraction of sp³-hybridized carbons (Fsp3) is 0.423. The van der Waals surface area contributed by atoms with E-state index in [4.69, 9.17) is 4.74 Å². The van der Waals surface area contributed by atoms with E-state index < -0.39 is 5.97 Å². The lowest BCUT2D eigenvalue weighted by Gasteiger charge is -2.29. The molecule has 1 N–H and O–H groups in total. The summed E-state index contributed by atoms with van der Waals surface area (Å²) in [6.45, 7) is 2.27. The van der Waals surface area contributed by atoms with Gasteiger partial charge >= 0.3 is 5.97 Å². The van der Waals surface area contributed by atoms with Gasteiger partial charge in [0.05, 0.1) is 0 Å². The monoisotopic (exact) mass is 392 g/mol. The van der Waals surface area contributed by atoms with E-state index in [0.717, 1.165) is 11.5 Å². The second-order valence-electron chi connectivity index (χ2n) is 8.13. The molecule has 29 heavy (non-hydrogen) atoms. The van der Waals surface area contributed by atoms with E-state index in [-0.39, 0.29) is 5.75 Å². The second kappa shape index (κ2) is 10.8. The molecule has 0 heterocycles. The van der Waals surface area contributed by atoms with Gasteiger partial charge in [-0.25, -0.2) is 4.79 Å². The van der Waals surface area contributed by atoms with E-state index in [2.05, 4.69) is 19.1 Å². The normalized spacial score (nSPS) is 19.3. The Morgan fingerprint density at radius 2 is 1.69 bits per heavy atom. The van der Waals surface area contributed by atoms with Crippen molar-refractivity contribution in [1.82, 2.24) is 0 Å². The third-order valence-electron chi connectivity index (χ3n) is 5.94. The molecule has 154 valence electrons. The number of hydrogen-bond acceptors (Lipinski definition) is 3. The van der Waals surface area contributed by atoms with Crippen molar-refractivity contribution in [2.45, 2.75) is 64.2 Å². The molecule has 3 rings (SSSR count). The van der Waals surface area contributed by atoms with Crippen molar-refractivity contribution < 1.29 is 14.6 Å². The molecule has 3 nitrogen and oxygen atoms in total. The van der Waals surface area contributed by atoms with Crippen LogP contribution in [0.3, 0.4) is 0 Å². The summed E-state index contributed by atoms with van der Waals surface area (Å²) in [7, 11) is 0. The summed E-state index contributed by atoms with van der Waals surface area (Å²) < 4.78 is 5.40. The maximum atomic E-state index is 12.0. The van der Waals surface area contributed by atoms with Gasteiger partial charge in [-0.2, -0.15) is 0 Å². The first kappa shape index (κ1) is 21.2. The van der Waals surface area contributed by atoms with Gasteiger partial charge in [0.2, 0.25) is 0 Å². The molecule has 0 saturated heterocycles. The highest BCUT2D eigenvalue weighted by molar-refractivity contribution is 5.88. The molecule has 0 atom stereocenters. The largest absolute Gasteiger partial charge is 0.508 e. The van der Waals surface area contributed by atoms with Crippen LogP contribution in [0.5, 0.6) is 11.5 Å². The fourth-order valence-corrected chi connectivity index (χ4v) is 4.18. The maximum absolute atomic E-state index is 12.0. The van der Waals surface area contributed by atoms with Crippen molar-refractivity contribution in [3.05, 3.63) is 65.7 Å². The molecule has 0 aliphatic heterocycles. The molecule has 1 aliphatic rings. The Morgan fingerprint density at radius 1 is 1.00 bits per heavy atom. The predicted molar refractivity (Wildman–Crippen MR) is 118 cm³/mol. The molecule has 1 fully saturated rings. The first-order chi connectivity index (χ1) is 14.1. The molecule has 0 unspecified atom stereocenters. The molecule has 0 amide bonds. The van der Waals surface area contributed by atoms with Crippen molar-refractivity contribution in [2.75, 3.05) is 0 Å². The van der Waals surface area contributed by atoms with E-state index in [1.165, 1.54) is 63.0 Å². The van der Waals surface area contributed by atoms with Crippen molar-refractivity contribution in [1.29, 1.82) is 0 Å². The van der Waals surface area contributed by atoms with Gasteiger partial charge in [0.15, 0.2) is 0 Å². The number of hydrogen-bond donors (Lipinski definition) is 1. The fourth-order valence-electron chi connectivity index (χ4n) is 4.18. The van der Waals surface area contributed by atoms with Gasteiger partial charge in [0.25, 0.3) is 0 Å². The van der Waals surface area contributed by atoms with Crippen LogP contribution in [0, 0.1) is 5.92 Å². The van der Waals surface area contributed by atoms with Gasteiger partial charge in [-0.1, -0.05) is 56.9 Å².